The third-order valence-electron chi connectivity index (χ3n) is 4.11. The Morgan fingerprint density at radius 3 is 2.85 bits per heavy atom. The average Bonchev–Trinajstić information content (AvgIpc) is 3.19. The highest BCUT2D eigenvalue weighted by molar-refractivity contribution is 7.22. The molecule has 2 amide bonds. The monoisotopic (exact) mass is 401 g/mol. The van der Waals surface area contributed by atoms with Crippen molar-refractivity contribution in [2.45, 2.75) is 25.2 Å². The highest BCUT2D eigenvalue weighted by Crippen LogP contribution is 2.30. The minimum absolute atomic E-state index is 0.101. The molecule has 3 rings (SSSR count). The Labute approximate surface area is 156 Å². The van der Waals surface area contributed by atoms with Gasteiger partial charge in [0.1, 0.15) is 6.04 Å². The van der Waals surface area contributed by atoms with Crippen LogP contribution in [-0.2, 0) is 9.59 Å². The lowest BCUT2D eigenvalue weighted by Gasteiger charge is -2.23. The van der Waals surface area contributed by atoms with E-state index in [4.69, 9.17) is 0 Å². The first-order valence-corrected chi connectivity index (χ1v) is 9.09. The molecule has 27 heavy (non-hydrogen) atoms. The van der Waals surface area contributed by atoms with E-state index in [9.17, 15) is 22.8 Å². The zero-order valence-electron chi connectivity index (χ0n) is 14.4. The maximum absolute atomic E-state index is 12.5. The first-order valence-electron chi connectivity index (χ1n) is 8.27. The molecule has 3 N–H and O–H groups in total. The third-order valence-corrected chi connectivity index (χ3v) is 5.04. The van der Waals surface area contributed by atoms with Crippen LogP contribution in [-0.4, -0.2) is 54.2 Å². The largest absolute Gasteiger partial charge is 0.482 e. The molecule has 1 aromatic carbocycles. The number of halogens is 3. The number of nitrogens with one attached hydrogen (secondary N) is 3. The van der Waals surface area contributed by atoms with Gasteiger partial charge in [-0.25, -0.2) is 4.98 Å². The van der Waals surface area contributed by atoms with Gasteiger partial charge in [-0.15, -0.1) is 0 Å². The summed E-state index contributed by atoms with van der Waals surface area (Å²) in [5, 5.41) is 7.18. The number of benzene rings is 1. The number of likely N-dealkylation sites (tertiary alicyclic amines) is 1. The molecule has 1 atom stereocenters. The van der Waals surface area contributed by atoms with Gasteiger partial charge in [-0.3, -0.25) is 14.9 Å². The summed E-state index contributed by atoms with van der Waals surface area (Å²) in [7, 11) is 1.66. The van der Waals surface area contributed by atoms with Gasteiger partial charge in [0.25, 0.3) is 0 Å². The minimum Gasteiger partial charge on any atom is -0.330 e. The Hall–Kier alpha value is -2.40. The molecule has 1 saturated heterocycles. The second kappa shape index (κ2) is 7.69. The summed E-state index contributed by atoms with van der Waals surface area (Å²) in [5.74, 6) is -0.494. The minimum atomic E-state index is -4.53. The summed E-state index contributed by atoms with van der Waals surface area (Å²) in [5.41, 5.74) is 0.383. The summed E-state index contributed by atoms with van der Waals surface area (Å²) < 4.78 is 37.8. The lowest BCUT2D eigenvalue weighted by molar-refractivity contribution is -0.135. The molecule has 146 valence electrons. The van der Waals surface area contributed by atoms with Crippen LogP contribution in [0.5, 0.6) is 0 Å². The molecule has 7 nitrogen and oxygen atoms in total. The van der Waals surface area contributed by atoms with E-state index in [2.05, 4.69) is 15.6 Å². The molecule has 0 bridgehead atoms. The lowest BCUT2D eigenvalue weighted by Crippen LogP contribution is -2.46. The van der Waals surface area contributed by atoms with Gasteiger partial charge in [0, 0.05) is 12.2 Å². The van der Waals surface area contributed by atoms with Crippen molar-refractivity contribution in [1.29, 1.82) is 0 Å². The van der Waals surface area contributed by atoms with E-state index in [0.717, 1.165) is 17.8 Å². The molecule has 1 fully saturated rings. The number of thiazole rings is 1. The van der Waals surface area contributed by atoms with Crippen molar-refractivity contribution < 1.29 is 22.8 Å². The van der Waals surface area contributed by atoms with Crippen molar-refractivity contribution in [3.8, 4) is 0 Å². The van der Waals surface area contributed by atoms with Crippen LogP contribution in [0.4, 0.5) is 24.0 Å². The maximum Gasteiger partial charge on any atom is 0.482 e. The van der Waals surface area contributed by atoms with Gasteiger partial charge < -0.3 is 15.5 Å². The number of alkyl halides is 3. The standard InChI is InChI=1S/C16H18F3N5O2S/c1-20-8-13(25)24-6-2-3-11(24)14(26)22-15-21-10-5-4-9(7-12(10)27-15)23-16(17,18)19/h4-5,7,11,20,23H,2-3,6,8H2,1H3,(H,21,22,26)/t11-/m0/s1. The molecule has 1 aromatic heterocycles. The summed E-state index contributed by atoms with van der Waals surface area (Å²) >= 11 is 1.08. The molecule has 1 aliphatic rings. The van der Waals surface area contributed by atoms with E-state index in [1.165, 1.54) is 28.4 Å². The van der Waals surface area contributed by atoms with Gasteiger partial charge in [-0.2, -0.15) is 13.2 Å². The number of carbonyl (C=O) groups is 2. The molecule has 0 saturated carbocycles. The fraction of sp³-hybridized carbons (Fsp3) is 0.438. The average molecular weight is 401 g/mol. The Morgan fingerprint density at radius 1 is 1.37 bits per heavy atom. The number of anilines is 2. The van der Waals surface area contributed by atoms with Crippen LogP contribution >= 0.6 is 11.3 Å². The van der Waals surface area contributed by atoms with E-state index in [1.807, 2.05) is 0 Å². The zero-order chi connectivity index (χ0) is 19.6. The van der Waals surface area contributed by atoms with Gasteiger partial charge in [-0.05, 0) is 38.1 Å². The van der Waals surface area contributed by atoms with Gasteiger partial charge in [0.15, 0.2) is 5.13 Å². The zero-order valence-corrected chi connectivity index (χ0v) is 15.2. The number of fused-ring (bicyclic) bond motifs is 1. The molecule has 0 unspecified atom stereocenters. The van der Waals surface area contributed by atoms with E-state index >= 15 is 0 Å². The number of carbonyl (C=O) groups excluding carboxylic acids is 2. The van der Waals surface area contributed by atoms with Gasteiger partial charge in [0.05, 0.1) is 16.8 Å². The van der Waals surface area contributed by atoms with Crippen LogP contribution in [0.2, 0.25) is 0 Å². The van der Waals surface area contributed by atoms with Gasteiger partial charge in [-0.1, -0.05) is 11.3 Å². The van der Waals surface area contributed by atoms with Crippen LogP contribution in [0.15, 0.2) is 18.2 Å². The lowest BCUT2D eigenvalue weighted by atomic mass is 10.2. The summed E-state index contributed by atoms with van der Waals surface area (Å²) in [6, 6.07) is 3.49. The van der Waals surface area contributed by atoms with E-state index < -0.39 is 12.3 Å². The number of aromatic nitrogens is 1. The molecule has 2 aromatic rings. The number of rotatable bonds is 5. The maximum atomic E-state index is 12.5. The van der Waals surface area contributed by atoms with Crippen molar-refractivity contribution in [3.05, 3.63) is 18.2 Å². The molecule has 0 aliphatic carbocycles. The van der Waals surface area contributed by atoms with Crippen molar-refractivity contribution >= 4 is 44.2 Å². The normalized spacial score (nSPS) is 17.3. The predicted molar refractivity (Wildman–Crippen MR) is 96.6 cm³/mol. The van der Waals surface area contributed by atoms with Crippen molar-refractivity contribution in [2.24, 2.45) is 0 Å². The van der Waals surface area contributed by atoms with Crippen molar-refractivity contribution in [2.75, 3.05) is 30.8 Å². The van der Waals surface area contributed by atoms with E-state index in [-0.39, 0.29) is 29.2 Å². The van der Waals surface area contributed by atoms with Crippen LogP contribution in [0.3, 0.4) is 0 Å². The third kappa shape index (κ3) is 4.66. The molecule has 0 radical (unpaired) electrons. The highest BCUT2D eigenvalue weighted by Gasteiger charge is 2.34. The fourth-order valence-corrected chi connectivity index (χ4v) is 3.91. The smallest absolute Gasteiger partial charge is 0.330 e. The first kappa shape index (κ1) is 19.4. The van der Waals surface area contributed by atoms with Crippen LogP contribution in [0, 0.1) is 0 Å². The quantitative estimate of drug-likeness (QED) is 0.670. The molecular weight excluding hydrogens is 383 g/mol. The van der Waals surface area contributed by atoms with Gasteiger partial charge >= 0.3 is 6.30 Å². The number of hydrogen-bond acceptors (Lipinski definition) is 6. The van der Waals surface area contributed by atoms with Crippen molar-refractivity contribution in [1.82, 2.24) is 15.2 Å². The van der Waals surface area contributed by atoms with Gasteiger partial charge in [0.2, 0.25) is 11.8 Å². The Bertz CT molecular complexity index is 854. The number of amides is 2. The van der Waals surface area contributed by atoms with Crippen LogP contribution < -0.4 is 16.0 Å². The molecule has 2 heterocycles. The Kier molecular flexibility index (Phi) is 5.51. The van der Waals surface area contributed by atoms with E-state index in [0.29, 0.717) is 23.2 Å². The molecular formula is C16H18F3N5O2S. The summed E-state index contributed by atoms with van der Waals surface area (Å²) in [6.07, 6.45) is -3.23. The molecule has 1 aliphatic heterocycles. The Balaban J connectivity index is 1.72. The summed E-state index contributed by atoms with van der Waals surface area (Å²) in [4.78, 5) is 30.4. The first-order chi connectivity index (χ1) is 12.8. The topological polar surface area (TPSA) is 86.4 Å². The highest BCUT2D eigenvalue weighted by atomic mass is 32.1. The second-order valence-electron chi connectivity index (χ2n) is 6.09. The number of hydrogen-bond donors (Lipinski definition) is 3. The van der Waals surface area contributed by atoms with E-state index in [1.54, 1.807) is 7.05 Å². The predicted octanol–water partition coefficient (Wildman–Crippen LogP) is 2.38. The fourth-order valence-electron chi connectivity index (χ4n) is 3.00. The second-order valence-corrected chi connectivity index (χ2v) is 7.12. The SMILES string of the molecule is CNCC(=O)N1CCC[C@H]1C(=O)Nc1nc2ccc(NC(F)(F)F)cc2s1. The molecule has 11 heteroatoms. The number of likely N-dealkylation sites (N-methyl/N-ethyl adjacent to an activating group) is 1. The van der Waals surface area contributed by atoms with Crippen molar-refractivity contribution in [3.63, 3.8) is 0 Å². The van der Waals surface area contributed by atoms with Crippen LogP contribution in [0.25, 0.3) is 10.2 Å². The summed E-state index contributed by atoms with van der Waals surface area (Å²) in [6.45, 7) is 0.671. The molecule has 0 spiro atoms. The number of nitrogens with zero attached hydrogens (tertiary/aromatic N) is 2. The Morgan fingerprint density at radius 2 is 2.15 bits per heavy atom. The van der Waals surface area contributed by atoms with Crippen LogP contribution in [0.1, 0.15) is 12.8 Å².